The molecule has 32 heavy (non-hydrogen) atoms. The summed E-state index contributed by atoms with van der Waals surface area (Å²) in [5, 5.41) is 17.2. The number of para-hydroxylation sites is 1. The summed E-state index contributed by atoms with van der Waals surface area (Å²) in [4.78, 5) is 16.0. The Morgan fingerprint density at radius 2 is 2.00 bits per heavy atom. The second-order valence-electron chi connectivity index (χ2n) is 7.91. The van der Waals surface area contributed by atoms with Gasteiger partial charge in [-0.3, -0.25) is 9.89 Å². The number of nitrogens with two attached hydrogens (primary N) is 1. The maximum absolute atomic E-state index is 14.3. The van der Waals surface area contributed by atoms with Crippen molar-refractivity contribution in [3.63, 3.8) is 0 Å². The molecule has 1 aromatic heterocycles. The molecule has 0 radical (unpaired) electrons. The van der Waals surface area contributed by atoms with Gasteiger partial charge in [-0.1, -0.05) is 48.0 Å². The Morgan fingerprint density at radius 3 is 2.72 bits per heavy atom. The van der Waals surface area contributed by atoms with E-state index in [-0.39, 0.29) is 29.9 Å². The third-order valence-corrected chi connectivity index (χ3v) is 6.04. The molecule has 1 spiro atoms. The number of hydrogen-bond donors (Lipinski definition) is 2. The van der Waals surface area contributed by atoms with E-state index < -0.39 is 5.41 Å². The number of benzene rings is 2. The number of H-pyrrole nitrogens is 1. The number of amides is 1. The van der Waals surface area contributed by atoms with Crippen molar-refractivity contribution in [2.75, 3.05) is 12.0 Å². The zero-order chi connectivity index (χ0) is 22.5. The molecule has 3 heterocycles. The fraction of sp³-hybridized carbons (Fsp3) is 0.208. The number of nitrogens with zero attached hydrogens (tertiary/aromatic N) is 3. The lowest BCUT2D eigenvalue weighted by atomic mass is 9.69. The van der Waals surface area contributed by atoms with Crippen LogP contribution in [0.2, 0.25) is 0 Å². The van der Waals surface area contributed by atoms with Crippen molar-refractivity contribution in [1.82, 2.24) is 10.2 Å². The van der Waals surface area contributed by atoms with Crippen molar-refractivity contribution in [3.8, 4) is 11.9 Å². The lowest BCUT2D eigenvalue weighted by Crippen LogP contribution is -2.46. The number of nitriles is 1. The number of aromatic amines is 1. The van der Waals surface area contributed by atoms with Crippen LogP contribution in [0, 0.1) is 18.3 Å². The van der Waals surface area contributed by atoms with E-state index in [2.05, 4.69) is 16.3 Å². The monoisotopic (exact) mass is 427 g/mol. The van der Waals surface area contributed by atoms with Crippen LogP contribution >= 0.6 is 0 Å². The fourth-order valence-corrected chi connectivity index (χ4v) is 4.64. The predicted molar refractivity (Wildman–Crippen MR) is 116 cm³/mol. The first kappa shape index (κ1) is 19.8. The van der Waals surface area contributed by atoms with E-state index in [4.69, 9.17) is 15.2 Å². The van der Waals surface area contributed by atoms with Gasteiger partial charge < -0.3 is 20.1 Å². The highest BCUT2D eigenvalue weighted by atomic mass is 16.5. The average Bonchev–Trinajstić information content (AvgIpc) is 3.29. The van der Waals surface area contributed by atoms with E-state index in [9.17, 15) is 10.1 Å². The largest absolute Gasteiger partial charge is 0.420 e. The summed E-state index contributed by atoms with van der Waals surface area (Å²) in [7, 11) is 1.55. The molecule has 3 N–H and O–H groups in total. The second-order valence-corrected chi connectivity index (χ2v) is 7.91. The zero-order valence-corrected chi connectivity index (χ0v) is 17.7. The van der Waals surface area contributed by atoms with Crippen molar-refractivity contribution in [1.29, 1.82) is 5.26 Å². The molecule has 0 saturated carbocycles. The standard InChI is InChI=1S/C24H21N5O3/c1-14-7-9-15(10-8-14)12-29-19-6-4-3-5-16(19)24(23(29)30)17(11-25)21(26)32-22-20(24)18(13-31-2)27-28-22/h3-10H,12-13,26H2,1-2H3,(H,27,28)/t24-/m0/s1. The van der Waals surface area contributed by atoms with Crippen LogP contribution in [0.5, 0.6) is 5.88 Å². The lowest BCUT2D eigenvalue weighted by molar-refractivity contribution is -0.121. The van der Waals surface area contributed by atoms with Gasteiger partial charge in [0.1, 0.15) is 17.1 Å². The molecule has 2 aliphatic rings. The highest BCUT2D eigenvalue weighted by Gasteiger charge is 2.60. The summed E-state index contributed by atoms with van der Waals surface area (Å²) >= 11 is 0. The number of aryl methyl sites for hydroxylation is 1. The highest BCUT2D eigenvalue weighted by molar-refractivity contribution is 6.14. The Bertz CT molecular complexity index is 1300. The number of hydrogen-bond acceptors (Lipinski definition) is 6. The second kappa shape index (κ2) is 7.25. The maximum atomic E-state index is 14.3. The minimum Gasteiger partial charge on any atom is -0.420 e. The number of carbonyl (C=O) groups is 1. The first-order valence-electron chi connectivity index (χ1n) is 10.1. The zero-order valence-electron chi connectivity index (χ0n) is 17.7. The Hall–Kier alpha value is -4.09. The fourth-order valence-electron chi connectivity index (χ4n) is 4.64. The van der Waals surface area contributed by atoms with E-state index in [0.29, 0.717) is 23.4 Å². The number of ether oxygens (including phenoxy) is 2. The third-order valence-electron chi connectivity index (χ3n) is 6.04. The predicted octanol–water partition coefficient (Wildman–Crippen LogP) is 2.78. The molecule has 0 fully saturated rings. The van der Waals surface area contributed by atoms with Gasteiger partial charge in [0.15, 0.2) is 0 Å². The molecule has 1 amide bonds. The molecule has 1 atom stereocenters. The summed E-state index contributed by atoms with van der Waals surface area (Å²) in [6.07, 6.45) is 0. The summed E-state index contributed by atoms with van der Waals surface area (Å²) in [5.41, 5.74) is 9.26. The molecule has 5 rings (SSSR count). The number of aromatic nitrogens is 2. The van der Waals surface area contributed by atoms with Gasteiger partial charge in [0.05, 0.1) is 24.4 Å². The summed E-state index contributed by atoms with van der Waals surface area (Å²) in [6.45, 7) is 2.53. The van der Waals surface area contributed by atoms with Crippen LogP contribution in [0.25, 0.3) is 0 Å². The van der Waals surface area contributed by atoms with Crippen LogP contribution in [0.1, 0.15) is 27.9 Å². The van der Waals surface area contributed by atoms with Crippen molar-refractivity contribution in [3.05, 3.63) is 87.9 Å². The summed E-state index contributed by atoms with van der Waals surface area (Å²) in [6, 6.07) is 17.6. The first-order valence-corrected chi connectivity index (χ1v) is 10.1. The van der Waals surface area contributed by atoms with Crippen LogP contribution in [0.3, 0.4) is 0 Å². The average molecular weight is 427 g/mol. The Labute approximate surface area is 184 Å². The summed E-state index contributed by atoms with van der Waals surface area (Å²) < 4.78 is 11.0. The number of nitrogens with one attached hydrogen (secondary N) is 1. The minimum absolute atomic E-state index is 0.0487. The van der Waals surface area contributed by atoms with Crippen LogP contribution < -0.4 is 15.4 Å². The van der Waals surface area contributed by atoms with Gasteiger partial charge in [0, 0.05) is 18.4 Å². The van der Waals surface area contributed by atoms with Gasteiger partial charge in [-0.05, 0) is 18.6 Å². The van der Waals surface area contributed by atoms with Gasteiger partial charge in [-0.25, -0.2) is 0 Å². The van der Waals surface area contributed by atoms with Crippen molar-refractivity contribution < 1.29 is 14.3 Å². The molecule has 0 aliphatic carbocycles. The number of fused-ring (bicyclic) bond motifs is 4. The SMILES string of the molecule is COCc1[nH]nc2c1[C@@]1(C(=O)N(Cc3ccc(C)cc3)c3ccccc31)C(C#N)=C(N)O2. The van der Waals surface area contributed by atoms with Gasteiger partial charge in [0.25, 0.3) is 0 Å². The Morgan fingerprint density at radius 1 is 1.25 bits per heavy atom. The van der Waals surface area contributed by atoms with Gasteiger partial charge in [-0.15, -0.1) is 5.10 Å². The van der Waals surface area contributed by atoms with Crippen LogP contribution in [0.15, 0.2) is 60.0 Å². The molecule has 2 aliphatic heterocycles. The molecular formula is C24H21N5O3. The minimum atomic E-state index is -1.46. The van der Waals surface area contributed by atoms with E-state index in [0.717, 1.165) is 16.8 Å². The van der Waals surface area contributed by atoms with E-state index >= 15 is 0 Å². The van der Waals surface area contributed by atoms with Crippen LogP contribution in [-0.4, -0.2) is 23.2 Å². The molecular weight excluding hydrogens is 406 g/mol. The summed E-state index contributed by atoms with van der Waals surface area (Å²) in [5.74, 6) is -0.230. The van der Waals surface area contributed by atoms with Gasteiger partial charge in [0.2, 0.25) is 17.7 Å². The smallest absolute Gasteiger partial charge is 0.248 e. The van der Waals surface area contributed by atoms with E-state index in [1.165, 1.54) is 0 Å². The number of anilines is 1. The number of methoxy groups -OCH3 is 1. The molecule has 8 heteroatoms. The van der Waals surface area contributed by atoms with E-state index in [1.54, 1.807) is 12.0 Å². The molecule has 2 aromatic carbocycles. The third kappa shape index (κ3) is 2.58. The van der Waals surface area contributed by atoms with Crippen LogP contribution in [0.4, 0.5) is 5.69 Å². The molecule has 8 nitrogen and oxygen atoms in total. The van der Waals surface area contributed by atoms with Crippen molar-refractivity contribution >= 4 is 11.6 Å². The number of rotatable bonds is 4. The molecule has 3 aromatic rings. The lowest BCUT2D eigenvalue weighted by Gasteiger charge is -2.32. The number of carbonyl (C=O) groups excluding carboxylic acids is 1. The quantitative estimate of drug-likeness (QED) is 0.661. The molecule has 0 bridgehead atoms. The maximum Gasteiger partial charge on any atom is 0.248 e. The van der Waals surface area contributed by atoms with Crippen molar-refractivity contribution in [2.45, 2.75) is 25.5 Å². The highest BCUT2D eigenvalue weighted by Crippen LogP contribution is 2.55. The van der Waals surface area contributed by atoms with E-state index in [1.807, 2.05) is 55.5 Å². The van der Waals surface area contributed by atoms with Gasteiger partial charge in [-0.2, -0.15) is 5.26 Å². The molecule has 160 valence electrons. The Kier molecular flexibility index (Phi) is 4.50. The van der Waals surface area contributed by atoms with Crippen LogP contribution in [-0.2, 0) is 28.1 Å². The normalized spacial score (nSPS) is 19.0. The Balaban J connectivity index is 1.77. The molecule has 0 unspecified atom stereocenters. The van der Waals surface area contributed by atoms with Gasteiger partial charge >= 0.3 is 0 Å². The van der Waals surface area contributed by atoms with Crippen molar-refractivity contribution in [2.24, 2.45) is 5.73 Å². The topological polar surface area (TPSA) is 117 Å². The molecule has 0 saturated heterocycles. The first-order chi connectivity index (χ1) is 15.5.